The lowest BCUT2D eigenvalue weighted by Gasteiger charge is -2.10. The molecule has 0 aliphatic carbocycles. The van der Waals surface area contributed by atoms with Crippen molar-refractivity contribution in [3.05, 3.63) is 70.7 Å². The summed E-state index contributed by atoms with van der Waals surface area (Å²) in [4.78, 5) is 16.4. The fourth-order valence-corrected chi connectivity index (χ4v) is 3.55. The monoisotopic (exact) mass is 449 g/mol. The second-order valence-corrected chi connectivity index (χ2v) is 7.11. The van der Waals surface area contributed by atoms with Gasteiger partial charge in [-0.1, -0.05) is 18.2 Å². The number of carbonyl (C=O) groups is 1. The van der Waals surface area contributed by atoms with Crippen LogP contribution in [0.15, 0.2) is 53.9 Å². The zero-order valence-electron chi connectivity index (χ0n) is 16.6. The van der Waals surface area contributed by atoms with Gasteiger partial charge in [-0.3, -0.25) is 0 Å². The number of carbonyl (C=O) groups excluding carboxylic acids is 1. The second kappa shape index (κ2) is 9.65. The van der Waals surface area contributed by atoms with Crippen LogP contribution in [0.25, 0.3) is 16.6 Å². The van der Waals surface area contributed by atoms with Crippen LogP contribution in [-0.4, -0.2) is 25.2 Å². The number of rotatable bonds is 7. The Balaban J connectivity index is 1.64. The predicted molar refractivity (Wildman–Crippen MR) is 111 cm³/mol. The standard InChI is InChI=1S/C22H18F3NO4S/c1-28-18-8-4-7-17(20(18)29-2)21-26-16(13-31-21)12-30-19(27)10-9-14-5-3-6-15(11-14)22(23,24)25/h3-11,13H,12H2,1-2H3/b10-9+. The number of esters is 1. The number of aromatic nitrogens is 1. The van der Waals surface area contributed by atoms with Gasteiger partial charge in [0.2, 0.25) is 0 Å². The molecule has 0 N–H and O–H groups in total. The molecule has 0 saturated carbocycles. The number of ether oxygens (including phenoxy) is 3. The number of hydrogen-bond acceptors (Lipinski definition) is 6. The van der Waals surface area contributed by atoms with Crippen LogP contribution >= 0.6 is 11.3 Å². The molecule has 1 aromatic heterocycles. The first kappa shape index (κ1) is 22.4. The molecule has 0 unspecified atom stereocenters. The molecule has 0 radical (unpaired) electrons. The van der Waals surface area contributed by atoms with Gasteiger partial charge in [0.1, 0.15) is 11.6 Å². The predicted octanol–water partition coefficient (Wildman–Crippen LogP) is 5.60. The Labute approximate surface area is 180 Å². The Morgan fingerprint density at radius 3 is 2.61 bits per heavy atom. The molecule has 0 saturated heterocycles. The first-order valence-electron chi connectivity index (χ1n) is 8.99. The first-order valence-corrected chi connectivity index (χ1v) is 9.87. The average Bonchev–Trinajstić information content (AvgIpc) is 3.24. The Morgan fingerprint density at radius 1 is 1.13 bits per heavy atom. The van der Waals surface area contributed by atoms with E-state index < -0.39 is 17.7 Å². The van der Waals surface area contributed by atoms with Gasteiger partial charge in [0, 0.05) is 11.5 Å². The Hall–Kier alpha value is -3.33. The number of thiazole rings is 1. The lowest BCUT2D eigenvalue weighted by Crippen LogP contribution is -2.04. The Kier molecular flexibility index (Phi) is 6.96. The normalized spacial score (nSPS) is 11.5. The molecule has 3 aromatic rings. The van der Waals surface area contributed by atoms with E-state index in [-0.39, 0.29) is 12.2 Å². The van der Waals surface area contributed by atoms with Crippen LogP contribution in [0.5, 0.6) is 11.5 Å². The van der Waals surface area contributed by atoms with Crippen molar-refractivity contribution in [2.24, 2.45) is 0 Å². The number of hydrogen-bond donors (Lipinski definition) is 0. The molecule has 0 atom stereocenters. The smallest absolute Gasteiger partial charge is 0.416 e. The van der Waals surface area contributed by atoms with E-state index in [0.717, 1.165) is 23.8 Å². The summed E-state index contributed by atoms with van der Waals surface area (Å²) < 4.78 is 54.1. The number of alkyl halides is 3. The highest BCUT2D eigenvalue weighted by atomic mass is 32.1. The van der Waals surface area contributed by atoms with Crippen LogP contribution in [0.4, 0.5) is 13.2 Å². The third-order valence-electron chi connectivity index (χ3n) is 4.17. The Bertz CT molecular complexity index is 1090. The van der Waals surface area contributed by atoms with Crippen molar-refractivity contribution >= 4 is 23.4 Å². The molecule has 0 fully saturated rings. The topological polar surface area (TPSA) is 57.7 Å². The van der Waals surface area contributed by atoms with Crippen molar-refractivity contribution in [3.8, 4) is 22.1 Å². The number of para-hydroxylation sites is 1. The lowest BCUT2D eigenvalue weighted by molar-refractivity contribution is -0.139. The number of methoxy groups -OCH3 is 2. The van der Waals surface area contributed by atoms with Gasteiger partial charge in [0.15, 0.2) is 11.5 Å². The summed E-state index contributed by atoms with van der Waals surface area (Å²) in [6.45, 7) is -0.0749. The minimum Gasteiger partial charge on any atom is -0.493 e. The number of benzene rings is 2. The highest BCUT2D eigenvalue weighted by Gasteiger charge is 2.30. The molecule has 0 bridgehead atoms. The molecular formula is C22H18F3NO4S. The molecule has 31 heavy (non-hydrogen) atoms. The van der Waals surface area contributed by atoms with E-state index in [2.05, 4.69) is 4.98 Å². The maximum Gasteiger partial charge on any atom is 0.416 e. The van der Waals surface area contributed by atoms with Crippen LogP contribution in [0.1, 0.15) is 16.8 Å². The van der Waals surface area contributed by atoms with Gasteiger partial charge in [0.05, 0.1) is 31.0 Å². The van der Waals surface area contributed by atoms with Gasteiger partial charge in [-0.15, -0.1) is 11.3 Å². The van der Waals surface area contributed by atoms with Crippen molar-refractivity contribution in [1.82, 2.24) is 4.98 Å². The van der Waals surface area contributed by atoms with Gasteiger partial charge < -0.3 is 14.2 Å². The second-order valence-electron chi connectivity index (χ2n) is 6.25. The van der Waals surface area contributed by atoms with Crippen LogP contribution in [0, 0.1) is 0 Å². The third-order valence-corrected chi connectivity index (χ3v) is 5.10. The van der Waals surface area contributed by atoms with Crippen LogP contribution < -0.4 is 9.47 Å². The average molecular weight is 449 g/mol. The van der Waals surface area contributed by atoms with Gasteiger partial charge in [-0.2, -0.15) is 13.2 Å². The summed E-state index contributed by atoms with van der Waals surface area (Å²) in [6.07, 6.45) is -2.10. The maximum absolute atomic E-state index is 12.8. The van der Waals surface area contributed by atoms with E-state index >= 15 is 0 Å². The molecule has 162 valence electrons. The highest BCUT2D eigenvalue weighted by molar-refractivity contribution is 7.13. The molecule has 0 amide bonds. The molecule has 1 heterocycles. The maximum atomic E-state index is 12.8. The minimum atomic E-state index is -4.45. The van der Waals surface area contributed by atoms with E-state index in [9.17, 15) is 18.0 Å². The largest absolute Gasteiger partial charge is 0.493 e. The van der Waals surface area contributed by atoms with E-state index in [1.54, 1.807) is 18.6 Å². The molecule has 3 rings (SSSR count). The SMILES string of the molecule is COc1cccc(-c2nc(COC(=O)/C=C/c3cccc(C(F)(F)F)c3)cs2)c1OC. The van der Waals surface area contributed by atoms with Crippen molar-refractivity contribution in [3.63, 3.8) is 0 Å². The van der Waals surface area contributed by atoms with Crippen molar-refractivity contribution in [1.29, 1.82) is 0 Å². The summed E-state index contributed by atoms with van der Waals surface area (Å²) in [5.74, 6) is 0.431. The zero-order valence-corrected chi connectivity index (χ0v) is 17.4. The molecule has 0 aliphatic heterocycles. The first-order chi connectivity index (χ1) is 14.8. The van der Waals surface area contributed by atoms with Crippen LogP contribution in [0.2, 0.25) is 0 Å². The summed E-state index contributed by atoms with van der Waals surface area (Å²) in [7, 11) is 3.08. The highest BCUT2D eigenvalue weighted by Crippen LogP contribution is 2.39. The van der Waals surface area contributed by atoms with Gasteiger partial charge in [-0.05, 0) is 35.9 Å². The molecule has 5 nitrogen and oxygen atoms in total. The quantitative estimate of drug-likeness (QED) is 0.347. The van der Waals surface area contributed by atoms with E-state index in [4.69, 9.17) is 14.2 Å². The fourth-order valence-electron chi connectivity index (χ4n) is 2.73. The van der Waals surface area contributed by atoms with Crippen molar-refractivity contribution in [2.75, 3.05) is 14.2 Å². The molecular weight excluding hydrogens is 431 g/mol. The molecule has 2 aromatic carbocycles. The molecule has 9 heteroatoms. The van der Waals surface area contributed by atoms with Crippen molar-refractivity contribution < 1.29 is 32.2 Å². The summed E-state index contributed by atoms with van der Waals surface area (Å²) >= 11 is 1.35. The number of nitrogens with zero attached hydrogens (tertiary/aromatic N) is 1. The van der Waals surface area contributed by atoms with Crippen LogP contribution in [0.3, 0.4) is 0 Å². The van der Waals surface area contributed by atoms with Gasteiger partial charge in [0.25, 0.3) is 0 Å². The molecule has 0 aliphatic rings. The van der Waals surface area contributed by atoms with E-state index in [0.29, 0.717) is 22.2 Å². The van der Waals surface area contributed by atoms with Crippen LogP contribution in [-0.2, 0) is 22.3 Å². The summed E-state index contributed by atoms with van der Waals surface area (Å²) in [5, 5.41) is 2.42. The summed E-state index contributed by atoms with van der Waals surface area (Å²) in [6, 6.07) is 10.1. The van der Waals surface area contributed by atoms with Gasteiger partial charge in [-0.25, -0.2) is 9.78 Å². The minimum absolute atomic E-state index is 0.0749. The zero-order chi connectivity index (χ0) is 22.4. The molecule has 0 spiro atoms. The summed E-state index contributed by atoms with van der Waals surface area (Å²) in [5.41, 5.74) is 0.735. The fraction of sp³-hybridized carbons (Fsp3) is 0.182. The lowest BCUT2D eigenvalue weighted by atomic mass is 10.1. The van der Waals surface area contributed by atoms with Gasteiger partial charge >= 0.3 is 12.1 Å². The Morgan fingerprint density at radius 2 is 1.90 bits per heavy atom. The van der Waals surface area contributed by atoms with E-state index in [1.807, 2.05) is 12.1 Å². The third kappa shape index (κ3) is 5.64. The van der Waals surface area contributed by atoms with Crippen molar-refractivity contribution in [2.45, 2.75) is 12.8 Å². The van der Waals surface area contributed by atoms with E-state index in [1.165, 1.54) is 36.7 Å². The number of halogens is 3.